The van der Waals surface area contributed by atoms with Crippen LogP contribution in [0.4, 0.5) is 14.5 Å². The summed E-state index contributed by atoms with van der Waals surface area (Å²) in [4.78, 5) is 23.7. The third-order valence-corrected chi connectivity index (χ3v) is 3.63. The van der Waals surface area contributed by atoms with Crippen LogP contribution in [0, 0.1) is 18.6 Å². The van der Waals surface area contributed by atoms with Gasteiger partial charge in [0.15, 0.2) is 12.7 Å². The van der Waals surface area contributed by atoms with E-state index >= 15 is 0 Å². The Kier molecular flexibility index (Phi) is 6.52. The molecule has 0 unspecified atom stereocenters. The van der Waals surface area contributed by atoms with Crippen molar-refractivity contribution >= 4 is 29.2 Å². The Morgan fingerprint density at radius 3 is 2.50 bits per heavy atom. The van der Waals surface area contributed by atoms with E-state index in [2.05, 4.69) is 0 Å². The van der Waals surface area contributed by atoms with Crippen LogP contribution >= 0.6 is 11.6 Å². The average Bonchev–Trinajstić information content (AvgIpc) is 2.58. The Hall–Kier alpha value is -2.67. The van der Waals surface area contributed by atoms with Crippen LogP contribution < -0.4 is 10.1 Å². The molecule has 0 aliphatic rings. The number of esters is 1. The summed E-state index contributed by atoms with van der Waals surface area (Å²) in [7, 11) is 0. The summed E-state index contributed by atoms with van der Waals surface area (Å²) in [6, 6.07) is 8.20. The van der Waals surface area contributed by atoms with E-state index in [-0.39, 0.29) is 0 Å². The van der Waals surface area contributed by atoms with Crippen molar-refractivity contribution in [1.29, 1.82) is 0 Å². The van der Waals surface area contributed by atoms with Crippen LogP contribution in [0.25, 0.3) is 0 Å². The molecule has 0 heterocycles. The smallest absolute Gasteiger partial charge is 0.344 e. The van der Waals surface area contributed by atoms with E-state index in [4.69, 9.17) is 21.1 Å². The fraction of sp³-hybridized carbons (Fsp3) is 0.222. The predicted octanol–water partition coefficient (Wildman–Crippen LogP) is 3.88. The van der Waals surface area contributed by atoms with Gasteiger partial charge in [-0.3, -0.25) is 4.79 Å². The van der Waals surface area contributed by atoms with Crippen molar-refractivity contribution < 1.29 is 27.8 Å². The molecule has 2 rings (SSSR count). The van der Waals surface area contributed by atoms with Crippen molar-refractivity contribution in [3.8, 4) is 5.75 Å². The number of hydrogen-bond donors (Lipinski definition) is 1. The third-order valence-electron chi connectivity index (χ3n) is 3.32. The lowest BCUT2D eigenvalue weighted by Gasteiger charge is -2.15. The minimum Gasteiger partial charge on any atom is -0.480 e. The molecule has 1 atom stereocenters. The molecule has 2 aromatic rings. The number of aryl methyl sites for hydroxylation is 1. The van der Waals surface area contributed by atoms with E-state index in [0.29, 0.717) is 10.8 Å². The van der Waals surface area contributed by atoms with E-state index in [1.165, 1.54) is 6.92 Å². The lowest BCUT2D eigenvalue weighted by molar-refractivity contribution is -0.155. The number of ether oxygens (including phenoxy) is 2. The van der Waals surface area contributed by atoms with Gasteiger partial charge in [0.1, 0.15) is 23.1 Å². The van der Waals surface area contributed by atoms with Crippen LogP contribution in [0.5, 0.6) is 5.75 Å². The minimum absolute atomic E-state index is 0.300. The SMILES string of the molecule is Cc1ccc(Cl)c(OCC(=O)O[C@H](C)C(=O)Nc2c(F)cccc2F)c1. The zero-order valence-corrected chi connectivity index (χ0v) is 14.8. The quantitative estimate of drug-likeness (QED) is 0.769. The first-order valence-electron chi connectivity index (χ1n) is 7.61. The molecule has 0 aromatic heterocycles. The molecular weight excluding hydrogens is 368 g/mol. The van der Waals surface area contributed by atoms with Gasteiger partial charge in [0.25, 0.3) is 5.91 Å². The number of halogens is 3. The minimum atomic E-state index is -1.28. The maximum Gasteiger partial charge on any atom is 0.344 e. The van der Waals surface area contributed by atoms with Gasteiger partial charge >= 0.3 is 5.97 Å². The summed E-state index contributed by atoms with van der Waals surface area (Å²) in [5.74, 6) is -3.28. The van der Waals surface area contributed by atoms with Gasteiger partial charge in [-0.15, -0.1) is 0 Å². The molecule has 0 saturated heterocycles. The molecule has 0 aliphatic heterocycles. The zero-order chi connectivity index (χ0) is 19.3. The molecule has 0 bridgehead atoms. The van der Waals surface area contributed by atoms with Crippen LogP contribution in [-0.4, -0.2) is 24.6 Å². The first-order valence-corrected chi connectivity index (χ1v) is 7.99. The van der Waals surface area contributed by atoms with Crippen molar-refractivity contribution in [2.75, 3.05) is 11.9 Å². The predicted molar refractivity (Wildman–Crippen MR) is 92.2 cm³/mol. The van der Waals surface area contributed by atoms with Gasteiger partial charge in [0, 0.05) is 0 Å². The van der Waals surface area contributed by atoms with E-state index < -0.39 is 41.9 Å². The lowest BCUT2D eigenvalue weighted by atomic mass is 10.2. The fourth-order valence-electron chi connectivity index (χ4n) is 1.98. The summed E-state index contributed by atoms with van der Waals surface area (Å²) in [5, 5.41) is 2.37. The van der Waals surface area contributed by atoms with Crippen LogP contribution in [0.2, 0.25) is 5.02 Å². The number of carbonyl (C=O) groups excluding carboxylic acids is 2. The molecule has 2 aromatic carbocycles. The van der Waals surface area contributed by atoms with E-state index in [0.717, 1.165) is 23.8 Å². The number of rotatable bonds is 6. The van der Waals surface area contributed by atoms with Crippen molar-refractivity contribution in [2.24, 2.45) is 0 Å². The molecule has 5 nitrogen and oxygen atoms in total. The first-order chi connectivity index (χ1) is 12.3. The van der Waals surface area contributed by atoms with Crippen molar-refractivity contribution in [3.05, 3.63) is 58.6 Å². The maximum absolute atomic E-state index is 13.5. The molecule has 0 fully saturated rings. The number of hydrogen-bond acceptors (Lipinski definition) is 4. The highest BCUT2D eigenvalue weighted by Gasteiger charge is 2.21. The highest BCUT2D eigenvalue weighted by molar-refractivity contribution is 6.32. The lowest BCUT2D eigenvalue weighted by Crippen LogP contribution is -2.32. The van der Waals surface area contributed by atoms with E-state index in [1.54, 1.807) is 18.2 Å². The summed E-state index contributed by atoms with van der Waals surface area (Å²) >= 11 is 5.94. The monoisotopic (exact) mass is 383 g/mol. The average molecular weight is 384 g/mol. The molecule has 8 heteroatoms. The largest absolute Gasteiger partial charge is 0.480 e. The second-order valence-electron chi connectivity index (χ2n) is 5.44. The molecule has 1 amide bonds. The second kappa shape index (κ2) is 8.62. The van der Waals surface area contributed by atoms with Gasteiger partial charge in [-0.2, -0.15) is 0 Å². The zero-order valence-electron chi connectivity index (χ0n) is 14.0. The Labute approximate surface area is 153 Å². The fourth-order valence-corrected chi connectivity index (χ4v) is 2.16. The first kappa shape index (κ1) is 19.7. The van der Waals surface area contributed by atoms with Crippen molar-refractivity contribution in [2.45, 2.75) is 20.0 Å². The molecule has 0 radical (unpaired) electrons. The molecule has 138 valence electrons. The number of nitrogens with one attached hydrogen (secondary N) is 1. The van der Waals surface area contributed by atoms with E-state index in [9.17, 15) is 18.4 Å². The Balaban J connectivity index is 1.90. The number of anilines is 1. The van der Waals surface area contributed by atoms with Crippen LogP contribution in [0.3, 0.4) is 0 Å². The van der Waals surface area contributed by atoms with E-state index in [1.807, 2.05) is 12.2 Å². The molecule has 0 saturated carbocycles. The number of para-hydroxylation sites is 1. The standard InChI is InChI=1S/C18H16ClF2NO4/c1-10-6-7-12(19)15(8-10)25-9-16(23)26-11(2)18(24)22-17-13(20)4-3-5-14(17)21/h3-8,11H,9H2,1-2H3,(H,22,24)/t11-/m1/s1. The van der Waals surface area contributed by atoms with Crippen LogP contribution in [0.1, 0.15) is 12.5 Å². The van der Waals surface area contributed by atoms with Gasteiger partial charge in [-0.25, -0.2) is 13.6 Å². The second-order valence-corrected chi connectivity index (χ2v) is 5.85. The summed E-state index contributed by atoms with van der Waals surface area (Å²) in [6.07, 6.45) is -1.28. The Morgan fingerprint density at radius 2 is 1.85 bits per heavy atom. The topological polar surface area (TPSA) is 64.6 Å². The van der Waals surface area contributed by atoms with Gasteiger partial charge in [-0.05, 0) is 43.7 Å². The van der Waals surface area contributed by atoms with Crippen LogP contribution in [0.15, 0.2) is 36.4 Å². The molecule has 0 aliphatic carbocycles. The van der Waals surface area contributed by atoms with Gasteiger partial charge < -0.3 is 14.8 Å². The van der Waals surface area contributed by atoms with Crippen molar-refractivity contribution in [3.63, 3.8) is 0 Å². The van der Waals surface area contributed by atoms with Gasteiger partial charge in [0.2, 0.25) is 0 Å². The highest BCUT2D eigenvalue weighted by atomic mass is 35.5. The molecule has 0 spiro atoms. The molecule has 26 heavy (non-hydrogen) atoms. The molecule has 1 N–H and O–H groups in total. The number of amides is 1. The third kappa shape index (κ3) is 5.16. The summed E-state index contributed by atoms with van der Waals surface area (Å²) < 4.78 is 37.2. The summed E-state index contributed by atoms with van der Waals surface area (Å²) in [5.41, 5.74) is 0.278. The summed E-state index contributed by atoms with van der Waals surface area (Å²) in [6.45, 7) is 2.62. The van der Waals surface area contributed by atoms with Crippen LogP contribution in [-0.2, 0) is 14.3 Å². The van der Waals surface area contributed by atoms with Gasteiger partial charge in [0.05, 0.1) is 5.02 Å². The van der Waals surface area contributed by atoms with Crippen molar-refractivity contribution in [1.82, 2.24) is 0 Å². The Bertz CT molecular complexity index is 809. The molecular formula is C18H16ClF2NO4. The normalized spacial score (nSPS) is 11.6. The maximum atomic E-state index is 13.5. The van der Waals surface area contributed by atoms with Gasteiger partial charge in [-0.1, -0.05) is 23.7 Å². The highest BCUT2D eigenvalue weighted by Crippen LogP contribution is 2.25. The number of benzene rings is 2. The Morgan fingerprint density at radius 1 is 1.19 bits per heavy atom. The number of carbonyl (C=O) groups is 2.